The van der Waals surface area contributed by atoms with E-state index in [0.29, 0.717) is 0 Å². The second kappa shape index (κ2) is 9.44. The van der Waals surface area contributed by atoms with Gasteiger partial charge in [-0.25, -0.2) is 0 Å². The van der Waals surface area contributed by atoms with Crippen molar-refractivity contribution in [2.24, 2.45) is 0 Å². The van der Waals surface area contributed by atoms with Crippen LogP contribution in [-0.4, -0.2) is 0 Å². The van der Waals surface area contributed by atoms with Crippen molar-refractivity contribution in [3.05, 3.63) is 158 Å². The number of hydrogen-bond donors (Lipinski definition) is 0. The topological polar surface area (TPSA) is 13.1 Å². The van der Waals surface area contributed by atoms with E-state index in [-0.39, 0.29) is 0 Å². The first-order valence-electron chi connectivity index (χ1n) is 14.8. The molecule has 0 amide bonds. The molecule has 1 heterocycles. The van der Waals surface area contributed by atoms with Gasteiger partial charge in [0.1, 0.15) is 11.2 Å². The lowest BCUT2D eigenvalue weighted by atomic mass is 9.85. The second-order valence-corrected chi connectivity index (χ2v) is 11.2. The molecular weight excluding hydrogens is 520 g/mol. The van der Waals surface area contributed by atoms with E-state index in [2.05, 4.69) is 158 Å². The van der Waals surface area contributed by atoms with Crippen LogP contribution in [0.3, 0.4) is 0 Å². The number of furan rings is 1. The largest absolute Gasteiger partial charge is 0.456 e. The van der Waals surface area contributed by atoms with Gasteiger partial charge in [0.05, 0.1) is 0 Å². The summed E-state index contributed by atoms with van der Waals surface area (Å²) in [5.74, 6) is 0. The molecule has 0 spiro atoms. The minimum atomic E-state index is 0.906. The smallest absolute Gasteiger partial charge is 0.136 e. The molecule has 8 aromatic carbocycles. The molecule has 0 atom stereocenters. The molecule has 0 saturated heterocycles. The second-order valence-electron chi connectivity index (χ2n) is 11.2. The maximum Gasteiger partial charge on any atom is 0.136 e. The van der Waals surface area contributed by atoms with Crippen LogP contribution in [0.4, 0.5) is 0 Å². The van der Waals surface area contributed by atoms with Gasteiger partial charge in [-0.3, -0.25) is 0 Å². The van der Waals surface area contributed by atoms with Gasteiger partial charge < -0.3 is 4.42 Å². The number of benzene rings is 8. The van der Waals surface area contributed by atoms with Crippen molar-refractivity contribution >= 4 is 54.3 Å². The molecule has 200 valence electrons. The molecule has 1 aromatic heterocycles. The highest BCUT2D eigenvalue weighted by Gasteiger charge is 2.19. The van der Waals surface area contributed by atoms with E-state index in [9.17, 15) is 0 Å². The average Bonchev–Trinajstić information content (AvgIpc) is 3.45. The van der Waals surface area contributed by atoms with Crippen molar-refractivity contribution in [3.63, 3.8) is 0 Å². The summed E-state index contributed by atoms with van der Waals surface area (Å²) in [6.45, 7) is 0. The Balaban J connectivity index is 1.37. The highest BCUT2D eigenvalue weighted by molar-refractivity contribution is 6.25. The first-order valence-corrected chi connectivity index (χ1v) is 14.8. The molecule has 9 rings (SSSR count). The monoisotopic (exact) mass is 546 g/mol. The zero-order valence-corrected chi connectivity index (χ0v) is 23.4. The molecule has 43 heavy (non-hydrogen) atoms. The fourth-order valence-electron chi connectivity index (χ4n) is 7.01. The fourth-order valence-corrected chi connectivity index (χ4v) is 7.01. The normalized spacial score (nSPS) is 11.7. The van der Waals surface area contributed by atoms with E-state index in [1.807, 2.05) is 0 Å². The summed E-state index contributed by atoms with van der Waals surface area (Å²) in [7, 11) is 0. The number of rotatable bonds is 3. The lowest BCUT2D eigenvalue weighted by Gasteiger charge is -2.17. The maximum atomic E-state index is 6.57. The van der Waals surface area contributed by atoms with Crippen molar-refractivity contribution in [2.45, 2.75) is 0 Å². The van der Waals surface area contributed by atoms with E-state index in [1.165, 1.54) is 71.1 Å². The Morgan fingerprint density at radius 2 is 0.791 bits per heavy atom. The fraction of sp³-hybridized carbons (Fsp3) is 0. The molecule has 0 bridgehead atoms. The zero-order valence-electron chi connectivity index (χ0n) is 23.4. The van der Waals surface area contributed by atoms with Crippen molar-refractivity contribution in [3.8, 4) is 33.4 Å². The summed E-state index contributed by atoms with van der Waals surface area (Å²) < 4.78 is 6.57. The quantitative estimate of drug-likeness (QED) is 0.201. The first kappa shape index (κ1) is 24.0. The molecule has 0 unspecified atom stereocenters. The highest BCUT2D eigenvalue weighted by Crippen LogP contribution is 2.46. The zero-order chi connectivity index (χ0) is 28.3. The standard InChI is InChI=1S/C42H26O/c1-3-13-27(14-4-1)36-26-39-42(31-18-8-7-17-30(31)36)37-25-29(23-24-38(37)43-39)41-34-21-11-9-19-32(34)40(28-15-5-2-6-16-28)33-20-10-12-22-35(33)41/h1-26H. The van der Waals surface area contributed by atoms with Crippen LogP contribution in [0.2, 0.25) is 0 Å². The van der Waals surface area contributed by atoms with E-state index in [4.69, 9.17) is 4.42 Å². The van der Waals surface area contributed by atoms with Crippen LogP contribution in [0.15, 0.2) is 162 Å². The molecule has 0 aliphatic heterocycles. The molecule has 0 fully saturated rings. The Bertz CT molecular complexity index is 2430. The van der Waals surface area contributed by atoms with Crippen LogP contribution in [0.1, 0.15) is 0 Å². The Hall–Kier alpha value is -5.66. The number of fused-ring (bicyclic) bond motifs is 7. The van der Waals surface area contributed by atoms with Gasteiger partial charge in [0.2, 0.25) is 0 Å². The molecule has 9 aromatic rings. The van der Waals surface area contributed by atoms with Crippen LogP contribution in [0.5, 0.6) is 0 Å². The molecule has 0 aliphatic rings. The summed E-state index contributed by atoms with van der Waals surface area (Å²) in [5.41, 5.74) is 9.17. The summed E-state index contributed by atoms with van der Waals surface area (Å²) in [6.07, 6.45) is 0. The lowest BCUT2D eigenvalue weighted by Crippen LogP contribution is -1.90. The third-order valence-electron chi connectivity index (χ3n) is 8.84. The predicted octanol–water partition coefficient (Wildman–Crippen LogP) is 12.0. The van der Waals surface area contributed by atoms with Gasteiger partial charge in [0.15, 0.2) is 0 Å². The maximum absolute atomic E-state index is 6.57. The van der Waals surface area contributed by atoms with Gasteiger partial charge in [0, 0.05) is 10.8 Å². The molecular formula is C42H26O. The number of hydrogen-bond acceptors (Lipinski definition) is 1. The van der Waals surface area contributed by atoms with Gasteiger partial charge >= 0.3 is 0 Å². The molecule has 1 heteroatoms. The van der Waals surface area contributed by atoms with Crippen molar-refractivity contribution in [1.29, 1.82) is 0 Å². The average molecular weight is 547 g/mol. The minimum absolute atomic E-state index is 0.906. The van der Waals surface area contributed by atoms with Gasteiger partial charge in [-0.05, 0) is 83.9 Å². The Labute approximate surface area is 249 Å². The lowest BCUT2D eigenvalue weighted by molar-refractivity contribution is 0.669. The van der Waals surface area contributed by atoms with E-state index < -0.39 is 0 Å². The summed E-state index contributed by atoms with van der Waals surface area (Å²) in [4.78, 5) is 0. The molecule has 0 saturated carbocycles. The van der Waals surface area contributed by atoms with Crippen LogP contribution in [-0.2, 0) is 0 Å². The SMILES string of the molecule is c1ccc(-c2c3ccccc3c(-c3ccc4oc5cc(-c6ccccc6)c6ccccc6c5c4c3)c3ccccc23)cc1. The van der Waals surface area contributed by atoms with Gasteiger partial charge in [0.25, 0.3) is 0 Å². The van der Waals surface area contributed by atoms with Gasteiger partial charge in [-0.2, -0.15) is 0 Å². The molecule has 0 N–H and O–H groups in total. The van der Waals surface area contributed by atoms with Crippen molar-refractivity contribution < 1.29 is 4.42 Å². The third-order valence-corrected chi connectivity index (χ3v) is 8.84. The Morgan fingerprint density at radius 3 is 1.40 bits per heavy atom. The molecule has 1 nitrogen and oxygen atoms in total. The van der Waals surface area contributed by atoms with Crippen LogP contribution in [0, 0.1) is 0 Å². The highest BCUT2D eigenvalue weighted by atomic mass is 16.3. The third kappa shape index (κ3) is 3.65. The Kier molecular flexibility index (Phi) is 5.27. The van der Waals surface area contributed by atoms with Gasteiger partial charge in [-0.1, -0.05) is 140 Å². The predicted molar refractivity (Wildman–Crippen MR) is 183 cm³/mol. The van der Waals surface area contributed by atoms with Crippen molar-refractivity contribution in [1.82, 2.24) is 0 Å². The summed E-state index contributed by atoms with van der Waals surface area (Å²) in [5, 5.41) is 9.79. The van der Waals surface area contributed by atoms with Crippen LogP contribution in [0.25, 0.3) is 87.6 Å². The van der Waals surface area contributed by atoms with Crippen LogP contribution >= 0.6 is 0 Å². The minimum Gasteiger partial charge on any atom is -0.456 e. The summed E-state index contributed by atoms with van der Waals surface area (Å²) >= 11 is 0. The first-order chi connectivity index (χ1) is 21.3. The molecule has 0 aliphatic carbocycles. The Morgan fingerprint density at radius 1 is 0.302 bits per heavy atom. The van der Waals surface area contributed by atoms with Crippen molar-refractivity contribution in [2.75, 3.05) is 0 Å². The van der Waals surface area contributed by atoms with Crippen LogP contribution < -0.4 is 0 Å². The van der Waals surface area contributed by atoms with E-state index in [1.54, 1.807) is 0 Å². The van der Waals surface area contributed by atoms with E-state index in [0.717, 1.165) is 16.6 Å². The molecule has 0 radical (unpaired) electrons. The summed E-state index contributed by atoms with van der Waals surface area (Å²) in [6, 6.07) is 56.6. The van der Waals surface area contributed by atoms with E-state index >= 15 is 0 Å². The van der Waals surface area contributed by atoms with Gasteiger partial charge in [-0.15, -0.1) is 0 Å².